The first kappa shape index (κ1) is 35.9. The molecular formula is C30H42F2N3O6V-. The number of aromatic nitrogens is 1. The number of carbonyl (C=O) groups excluding carboxylic acids is 2. The number of ether oxygens (including phenoxy) is 2. The maximum absolute atomic E-state index is 15.7. The second-order valence-electron chi connectivity index (χ2n) is 10.6. The van der Waals surface area contributed by atoms with Crippen LogP contribution in [0.3, 0.4) is 0 Å². The first-order chi connectivity index (χ1) is 19.6. The molecule has 42 heavy (non-hydrogen) atoms. The van der Waals surface area contributed by atoms with Gasteiger partial charge in [0.15, 0.2) is 0 Å². The average molecular weight is 630 g/mol. The minimum absolute atomic E-state index is 0. The second-order valence-corrected chi connectivity index (χ2v) is 10.6. The minimum atomic E-state index is -3.25. The molecule has 0 bridgehead atoms. The van der Waals surface area contributed by atoms with Crippen molar-refractivity contribution < 1.29 is 56.5 Å². The second kappa shape index (κ2) is 16.0. The summed E-state index contributed by atoms with van der Waals surface area (Å²) in [6.07, 6.45) is 2.79. The summed E-state index contributed by atoms with van der Waals surface area (Å²) in [6.45, 7) is 9.50. The van der Waals surface area contributed by atoms with Gasteiger partial charge >= 0.3 is 0 Å². The summed E-state index contributed by atoms with van der Waals surface area (Å²) < 4.78 is 43.0. The van der Waals surface area contributed by atoms with Crippen LogP contribution in [0, 0.1) is 11.8 Å². The fraction of sp³-hybridized carbons (Fsp3) is 0.633. The van der Waals surface area contributed by atoms with Crippen molar-refractivity contribution in [1.29, 1.82) is 0 Å². The van der Waals surface area contributed by atoms with Crippen molar-refractivity contribution in [2.24, 2.45) is 17.6 Å². The molecule has 2 aromatic rings. The van der Waals surface area contributed by atoms with Crippen LogP contribution in [0.2, 0.25) is 0 Å². The Balaban J connectivity index is 0.00000201. The summed E-state index contributed by atoms with van der Waals surface area (Å²) >= 11 is 0. The Labute approximate surface area is 258 Å². The number of rotatable bonds is 13. The number of amides is 1. The van der Waals surface area contributed by atoms with Crippen LogP contribution in [0.25, 0.3) is 10.9 Å². The van der Waals surface area contributed by atoms with E-state index < -0.39 is 42.4 Å². The Bertz CT molecular complexity index is 1190. The predicted octanol–water partition coefficient (Wildman–Crippen LogP) is 5.24. The fourth-order valence-corrected chi connectivity index (χ4v) is 5.19. The van der Waals surface area contributed by atoms with Crippen LogP contribution in [0.15, 0.2) is 24.3 Å². The Hall–Kier alpha value is -2.31. The van der Waals surface area contributed by atoms with Crippen LogP contribution in [-0.4, -0.2) is 64.8 Å². The molecule has 3 N–H and O–H groups in total. The molecule has 12 heteroatoms. The molecule has 2 heterocycles. The molecule has 1 aromatic carbocycles. The van der Waals surface area contributed by atoms with Crippen molar-refractivity contribution in [1.82, 2.24) is 9.88 Å². The van der Waals surface area contributed by atoms with E-state index in [1.165, 1.54) is 17.9 Å². The predicted molar refractivity (Wildman–Crippen MR) is 151 cm³/mol. The van der Waals surface area contributed by atoms with E-state index in [4.69, 9.17) is 20.5 Å². The number of nitrogens with two attached hydrogens (primary N) is 1. The summed E-state index contributed by atoms with van der Waals surface area (Å²) in [5.41, 5.74) is 5.82. The maximum atomic E-state index is 15.7. The monoisotopic (exact) mass is 629 g/mol. The van der Waals surface area contributed by atoms with Crippen LogP contribution < -0.4 is 15.2 Å². The molecule has 2 fully saturated rings. The number of carbonyl (C=O) groups is 1. The van der Waals surface area contributed by atoms with Crippen molar-refractivity contribution in [2.75, 3.05) is 13.2 Å². The van der Waals surface area contributed by atoms with E-state index in [0.29, 0.717) is 36.1 Å². The molecular weight excluding hydrogens is 587 g/mol. The minimum Gasteiger partial charge on any atom is -0.540 e. The van der Waals surface area contributed by atoms with E-state index in [2.05, 4.69) is 9.87 Å². The van der Waals surface area contributed by atoms with Crippen LogP contribution in [-0.2, 0) is 39.0 Å². The van der Waals surface area contributed by atoms with E-state index in [1.807, 2.05) is 27.1 Å². The Morgan fingerprint density at radius 3 is 2.57 bits per heavy atom. The van der Waals surface area contributed by atoms with Gasteiger partial charge in [0.1, 0.15) is 11.9 Å². The molecule has 233 valence electrons. The molecule has 1 amide bonds. The third kappa shape index (κ3) is 8.41. The molecule has 1 saturated carbocycles. The normalized spacial score (nSPS) is 23.8. The molecule has 1 aliphatic carbocycles. The Morgan fingerprint density at radius 1 is 1.26 bits per heavy atom. The number of hydrogen-bond donors (Lipinski definition) is 2. The molecule has 2 unspecified atom stereocenters. The topological polar surface area (TPSA) is 124 Å². The van der Waals surface area contributed by atoms with Gasteiger partial charge < -0.3 is 24.9 Å². The van der Waals surface area contributed by atoms with Gasteiger partial charge in [0.2, 0.25) is 11.8 Å². The van der Waals surface area contributed by atoms with E-state index in [1.54, 1.807) is 25.1 Å². The van der Waals surface area contributed by atoms with Gasteiger partial charge in [-0.2, -0.15) is 0 Å². The van der Waals surface area contributed by atoms with Gasteiger partial charge in [-0.25, -0.2) is 24.9 Å². The Morgan fingerprint density at radius 2 is 1.98 bits per heavy atom. The molecule has 0 spiro atoms. The number of unbranched alkanes of at least 4 members (excludes halogenated alkanes) is 1. The standard InChI is InChI=1S/C28H36F2N3O6.C2H6.V/c1-4-37-20-9-8-18-11-21(28(29,30)10-6-5-7-19-12-24(19)39-36)26(32-22(18)13-20)38-25-14-33(27(35)17(3)31)23(15-34)16(25)2;1-2;/h8-9,11,13,16-17,19,23-25,36H,4-7,10,12,14,31H2,1-3H3;1-2H3;/q-1;;/t16-,17-,19?,23?,24+,25-;;/m0../s1. The summed E-state index contributed by atoms with van der Waals surface area (Å²) in [4.78, 5) is 34.4. The number of benzene rings is 1. The van der Waals surface area contributed by atoms with Crippen molar-refractivity contribution in [2.45, 2.75) is 96.9 Å². The summed E-state index contributed by atoms with van der Waals surface area (Å²) in [5.74, 6) is -3.69. The zero-order valence-corrected chi connectivity index (χ0v) is 26.3. The van der Waals surface area contributed by atoms with Crippen LogP contribution in [0.4, 0.5) is 8.78 Å². The van der Waals surface area contributed by atoms with Gasteiger partial charge in [-0.05, 0) is 63.1 Å². The number of hydrogen-bond acceptors (Lipinski definition) is 8. The maximum Gasteiger partial charge on any atom is 0.278 e. The number of alkyl halides is 2. The molecule has 1 aliphatic heterocycles. The largest absolute Gasteiger partial charge is 0.540 e. The number of pyridine rings is 1. The van der Waals surface area contributed by atoms with E-state index >= 15 is 8.78 Å². The van der Waals surface area contributed by atoms with Crippen molar-refractivity contribution >= 4 is 23.1 Å². The molecule has 6 atom stereocenters. The van der Waals surface area contributed by atoms with E-state index in [9.17, 15) is 9.59 Å². The first-order valence-corrected chi connectivity index (χ1v) is 14.5. The summed E-state index contributed by atoms with van der Waals surface area (Å²) in [5, 5.41) is 9.23. The van der Waals surface area contributed by atoms with Gasteiger partial charge in [-0.15, -0.1) is 0 Å². The van der Waals surface area contributed by atoms with Crippen molar-refractivity contribution in [3.05, 3.63) is 29.8 Å². The Kier molecular flexibility index (Phi) is 13.6. The van der Waals surface area contributed by atoms with Crippen molar-refractivity contribution in [3.8, 4) is 11.6 Å². The van der Waals surface area contributed by atoms with Crippen LogP contribution >= 0.6 is 0 Å². The quantitative estimate of drug-likeness (QED) is 0.134. The fourth-order valence-electron chi connectivity index (χ4n) is 5.19. The summed E-state index contributed by atoms with van der Waals surface area (Å²) in [6, 6.07) is 4.69. The van der Waals surface area contributed by atoms with Gasteiger partial charge in [0.25, 0.3) is 5.92 Å². The zero-order chi connectivity index (χ0) is 30.3. The van der Waals surface area contributed by atoms with Gasteiger partial charge in [0.05, 0.1) is 36.4 Å². The van der Waals surface area contributed by atoms with Crippen LogP contribution in [0.5, 0.6) is 11.6 Å². The average Bonchev–Trinajstić information content (AvgIpc) is 3.66. The summed E-state index contributed by atoms with van der Waals surface area (Å²) in [7, 11) is 0. The molecule has 1 aromatic heterocycles. The van der Waals surface area contributed by atoms with Crippen molar-refractivity contribution in [3.63, 3.8) is 0 Å². The molecule has 1 saturated heterocycles. The number of halogens is 2. The molecule has 4 rings (SSSR count). The third-order valence-corrected chi connectivity index (χ3v) is 7.62. The number of nitrogens with zero attached hydrogens (tertiary/aromatic N) is 2. The SMILES string of the molecule is CC.CCOc1ccc2cc(C(F)(F)CCCCC3C[C@H]3OO)c(O[C@H]3CN(C(=O)[C@H](C)N)C([C-]=O)[C@@H]3C)nc2c1.[V]. The molecule has 2 aliphatic rings. The van der Waals surface area contributed by atoms with Crippen LogP contribution in [0.1, 0.15) is 72.3 Å². The number of likely N-dealkylation sites (tertiary alicyclic amines) is 1. The van der Waals surface area contributed by atoms with Gasteiger partial charge in [-0.3, -0.25) is 10.1 Å². The first-order valence-electron chi connectivity index (χ1n) is 14.5. The zero-order valence-electron chi connectivity index (χ0n) is 24.9. The molecule has 1 radical (unpaired) electrons. The number of fused-ring (bicyclic) bond motifs is 1. The smallest absolute Gasteiger partial charge is 0.278 e. The molecule has 9 nitrogen and oxygen atoms in total. The van der Waals surface area contributed by atoms with E-state index in [0.717, 1.165) is 6.42 Å². The van der Waals surface area contributed by atoms with E-state index in [-0.39, 0.29) is 55.0 Å². The van der Waals surface area contributed by atoms with Gasteiger partial charge in [0, 0.05) is 36.4 Å². The third-order valence-electron chi connectivity index (χ3n) is 7.62. The van der Waals surface area contributed by atoms with Gasteiger partial charge in [-0.1, -0.05) is 33.2 Å².